The van der Waals surface area contributed by atoms with Gasteiger partial charge >= 0.3 is 11.6 Å². The maximum absolute atomic E-state index is 12.1. The predicted octanol–water partition coefficient (Wildman–Crippen LogP) is 2.13. The number of carbonyl (C=O) groups is 1. The molecule has 7 heteroatoms. The average Bonchev–Trinajstić information content (AvgIpc) is 2.51. The molecule has 0 radical (unpaired) electrons. The van der Waals surface area contributed by atoms with Crippen LogP contribution < -0.4 is 10.4 Å². The number of ether oxygens (including phenoxy) is 1. The lowest BCUT2D eigenvalue weighted by atomic mass is 10.2. The van der Waals surface area contributed by atoms with Gasteiger partial charge in [0, 0.05) is 0 Å². The number of benzene rings is 2. The molecule has 23 heavy (non-hydrogen) atoms. The van der Waals surface area contributed by atoms with Gasteiger partial charge in [0.2, 0.25) is 0 Å². The van der Waals surface area contributed by atoms with Crippen molar-refractivity contribution >= 4 is 16.9 Å². The second-order valence-electron chi connectivity index (χ2n) is 4.68. The third-order valence-corrected chi connectivity index (χ3v) is 3.12. The summed E-state index contributed by atoms with van der Waals surface area (Å²) in [5, 5.41) is 28.5. The number of hydrogen-bond acceptors (Lipinski definition) is 7. The van der Waals surface area contributed by atoms with E-state index in [1.165, 1.54) is 0 Å². The molecule has 0 spiro atoms. The molecule has 0 amide bonds. The van der Waals surface area contributed by atoms with Crippen LogP contribution in [0.1, 0.15) is 10.4 Å². The fraction of sp³-hybridized carbons (Fsp3) is 0. The van der Waals surface area contributed by atoms with Crippen LogP contribution in [0, 0.1) is 0 Å². The van der Waals surface area contributed by atoms with Crippen LogP contribution in [0.2, 0.25) is 0 Å². The van der Waals surface area contributed by atoms with Crippen molar-refractivity contribution in [1.82, 2.24) is 0 Å². The smallest absolute Gasteiger partial charge is 0.343 e. The van der Waals surface area contributed by atoms with Crippen LogP contribution in [0.25, 0.3) is 11.0 Å². The van der Waals surface area contributed by atoms with Crippen molar-refractivity contribution in [2.75, 3.05) is 0 Å². The Bertz CT molecular complexity index is 949. The lowest BCUT2D eigenvalue weighted by Gasteiger charge is -2.08. The topological polar surface area (TPSA) is 117 Å². The molecular formula is C16H10O7. The van der Waals surface area contributed by atoms with E-state index in [1.807, 2.05) is 0 Å². The van der Waals surface area contributed by atoms with Gasteiger partial charge in [-0.3, -0.25) is 0 Å². The van der Waals surface area contributed by atoms with Crippen molar-refractivity contribution in [3.05, 3.63) is 58.4 Å². The van der Waals surface area contributed by atoms with Gasteiger partial charge in [-0.1, -0.05) is 12.1 Å². The van der Waals surface area contributed by atoms with Crippen molar-refractivity contribution in [1.29, 1.82) is 0 Å². The SMILES string of the molecule is O=C(Oc1cc(=O)oc2ccccc12)c1cc(O)c(O)c(O)c1. The van der Waals surface area contributed by atoms with Crippen LogP contribution in [0.5, 0.6) is 23.0 Å². The maximum atomic E-state index is 12.1. The summed E-state index contributed by atoms with van der Waals surface area (Å²) >= 11 is 0. The second kappa shape index (κ2) is 5.38. The number of phenolic OH excluding ortho intramolecular Hbond substituents is 3. The minimum absolute atomic E-state index is 0.0195. The molecule has 0 aliphatic carbocycles. The summed E-state index contributed by atoms with van der Waals surface area (Å²) in [5.74, 6) is -3.03. The number of fused-ring (bicyclic) bond motifs is 1. The van der Waals surface area contributed by atoms with Gasteiger partial charge in [-0.2, -0.15) is 0 Å². The fourth-order valence-electron chi connectivity index (χ4n) is 2.05. The van der Waals surface area contributed by atoms with Crippen LogP contribution in [0.15, 0.2) is 51.7 Å². The molecule has 1 aromatic heterocycles. The second-order valence-corrected chi connectivity index (χ2v) is 4.68. The minimum Gasteiger partial charge on any atom is -0.504 e. The van der Waals surface area contributed by atoms with Gasteiger partial charge < -0.3 is 24.5 Å². The van der Waals surface area contributed by atoms with Crippen molar-refractivity contribution in [2.45, 2.75) is 0 Å². The lowest BCUT2D eigenvalue weighted by molar-refractivity contribution is 0.0735. The fourth-order valence-corrected chi connectivity index (χ4v) is 2.05. The quantitative estimate of drug-likeness (QED) is 0.377. The molecule has 3 rings (SSSR count). The van der Waals surface area contributed by atoms with Crippen molar-refractivity contribution < 1.29 is 29.3 Å². The maximum Gasteiger partial charge on any atom is 0.343 e. The van der Waals surface area contributed by atoms with E-state index >= 15 is 0 Å². The molecule has 2 aromatic carbocycles. The van der Waals surface area contributed by atoms with Gasteiger partial charge in [0.15, 0.2) is 17.2 Å². The van der Waals surface area contributed by atoms with Gasteiger partial charge in [0.05, 0.1) is 17.0 Å². The molecule has 0 aliphatic rings. The standard InChI is InChI=1S/C16H10O7/c17-10-5-8(6-11(18)15(10)20)16(21)23-13-7-14(19)22-12-4-2-1-3-9(12)13/h1-7,17-18,20H. The van der Waals surface area contributed by atoms with E-state index in [-0.39, 0.29) is 16.9 Å². The molecule has 0 saturated heterocycles. The zero-order valence-electron chi connectivity index (χ0n) is 11.5. The Morgan fingerprint density at radius 3 is 2.35 bits per heavy atom. The van der Waals surface area contributed by atoms with Gasteiger partial charge in [-0.25, -0.2) is 9.59 Å². The molecule has 116 valence electrons. The zero-order chi connectivity index (χ0) is 16.6. The van der Waals surface area contributed by atoms with E-state index in [0.29, 0.717) is 5.39 Å². The first kappa shape index (κ1) is 14.5. The third-order valence-electron chi connectivity index (χ3n) is 3.12. The monoisotopic (exact) mass is 314 g/mol. The normalized spacial score (nSPS) is 10.6. The number of carbonyl (C=O) groups excluding carboxylic acids is 1. The van der Waals surface area contributed by atoms with Gasteiger partial charge in [-0.15, -0.1) is 0 Å². The first-order valence-electron chi connectivity index (χ1n) is 6.45. The Kier molecular flexibility index (Phi) is 3.38. The highest BCUT2D eigenvalue weighted by atomic mass is 16.5. The highest BCUT2D eigenvalue weighted by Crippen LogP contribution is 2.35. The largest absolute Gasteiger partial charge is 0.504 e. The van der Waals surface area contributed by atoms with E-state index in [0.717, 1.165) is 18.2 Å². The van der Waals surface area contributed by atoms with E-state index in [4.69, 9.17) is 9.15 Å². The summed E-state index contributed by atoms with van der Waals surface area (Å²) in [5.41, 5.74) is -0.641. The number of rotatable bonds is 2. The number of para-hydroxylation sites is 1. The van der Waals surface area contributed by atoms with Crippen LogP contribution in [-0.4, -0.2) is 21.3 Å². The average molecular weight is 314 g/mol. The molecule has 7 nitrogen and oxygen atoms in total. The molecule has 1 heterocycles. The number of aromatic hydroxyl groups is 3. The van der Waals surface area contributed by atoms with Crippen molar-refractivity contribution in [3.8, 4) is 23.0 Å². The van der Waals surface area contributed by atoms with Crippen molar-refractivity contribution in [2.24, 2.45) is 0 Å². The van der Waals surface area contributed by atoms with Gasteiger partial charge in [0.1, 0.15) is 11.3 Å². The van der Waals surface area contributed by atoms with Crippen molar-refractivity contribution in [3.63, 3.8) is 0 Å². The summed E-state index contributed by atoms with van der Waals surface area (Å²) in [6.07, 6.45) is 0. The Morgan fingerprint density at radius 1 is 1.00 bits per heavy atom. The summed E-state index contributed by atoms with van der Waals surface area (Å²) in [6, 6.07) is 9.38. The third kappa shape index (κ3) is 2.67. The number of esters is 1. The molecule has 3 N–H and O–H groups in total. The summed E-state index contributed by atoms with van der Waals surface area (Å²) in [6.45, 7) is 0. The summed E-state index contributed by atoms with van der Waals surface area (Å²) in [4.78, 5) is 23.6. The Balaban J connectivity index is 2.02. The number of hydrogen-bond donors (Lipinski definition) is 3. The van der Waals surface area contributed by atoms with Crippen LogP contribution in [0.4, 0.5) is 0 Å². The minimum atomic E-state index is -0.925. The van der Waals surface area contributed by atoms with E-state index in [1.54, 1.807) is 24.3 Å². The highest BCUT2D eigenvalue weighted by Gasteiger charge is 2.17. The molecular weight excluding hydrogens is 304 g/mol. The lowest BCUT2D eigenvalue weighted by Crippen LogP contribution is -2.10. The van der Waals surface area contributed by atoms with Crippen LogP contribution >= 0.6 is 0 Å². The number of phenols is 3. The Labute approximate surface area is 128 Å². The van der Waals surface area contributed by atoms with Gasteiger partial charge in [-0.05, 0) is 24.3 Å². The summed E-state index contributed by atoms with van der Waals surface area (Å²) < 4.78 is 10.1. The van der Waals surface area contributed by atoms with E-state index in [2.05, 4.69) is 0 Å². The Morgan fingerprint density at radius 2 is 1.65 bits per heavy atom. The summed E-state index contributed by atoms with van der Waals surface area (Å²) in [7, 11) is 0. The first-order valence-corrected chi connectivity index (χ1v) is 6.45. The Hall–Kier alpha value is -3.48. The molecule has 0 fully saturated rings. The molecule has 0 aliphatic heterocycles. The predicted molar refractivity (Wildman–Crippen MR) is 78.9 cm³/mol. The van der Waals surface area contributed by atoms with E-state index < -0.39 is 28.8 Å². The molecule has 0 saturated carbocycles. The van der Waals surface area contributed by atoms with Crippen LogP contribution in [0.3, 0.4) is 0 Å². The van der Waals surface area contributed by atoms with Gasteiger partial charge in [0.25, 0.3) is 0 Å². The zero-order valence-corrected chi connectivity index (χ0v) is 11.5. The van der Waals surface area contributed by atoms with Crippen LogP contribution in [-0.2, 0) is 0 Å². The first-order chi connectivity index (χ1) is 11.0. The molecule has 0 atom stereocenters. The highest BCUT2D eigenvalue weighted by molar-refractivity contribution is 5.95. The molecule has 0 unspecified atom stereocenters. The molecule has 3 aromatic rings. The molecule has 0 bridgehead atoms. The van der Waals surface area contributed by atoms with E-state index in [9.17, 15) is 24.9 Å².